The highest BCUT2D eigenvalue weighted by Gasteiger charge is 2.43. The van der Waals surface area contributed by atoms with Gasteiger partial charge in [0.05, 0.1) is 11.1 Å². The fraction of sp³-hybridized carbons (Fsp3) is 0.185. The summed E-state index contributed by atoms with van der Waals surface area (Å²) in [5.74, 6) is -2.45. The van der Waals surface area contributed by atoms with Crippen molar-refractivity contribution in [1.82, 2.24) is 4.90 Å². The highest BCUT2D eigenvalue weighted by Crippen LogP contribution is 2.26. The zero-order valence-electron chi connectivity index (χ0n) is 18.7. The number of benzene rings is 3. The van der Waals surface area contributed by atoms with Crippen LogP contribution in [-0.4, -0.2) is 41.2 Å². The predicted molar refractivity (Wildman–Crippen MR) is 126 cm³/mol. The Morgan fingerprint density at radius 1 is 0.824 bits per heavy atom. The lowest BCUT2D eigenvalue weighted by atomic mass is 10.0. The van der Waals surface area contributed by atoms with Crippen LogP contribution in [-0.2, 0) is 27.2 Å². The highest BCUT2D eigenvalue weighted by atomic mass is 16.5. The van der Waals surface area contributed by atoms with Crippen molar-refractivity contribution in [2.45, 2.75) is 25.8 Å². The van der Waals surface area contributed by atoms with Crippen LogP contribution in [0.2, 0.25) is 0 Å². The van der Waals surface area contributed by atoms with Crippen LogP contribution in [0.25, 0.3) is 0 Å². The molecule has 0 saturated heterocycles. The lowest BCUT2D eigenvalue weighted by Crippen LogP contribution is -2.47. The van der Waals surface area contributed by atoms with E-state index in [1.54, 1.807) is 60.7 Å². The minimum absolute atomic E-state index is 0.0746. The molecule has 0 spiro atoms. The molecular weight excluding hydrogens is 432 g/mol. The minimum Gasteiger partial charge on any atom is -0.454 e. The summed E-state index contributed by atoms with van der Waals surface area (Å²) < 4.78 is 5.27. The van der Waals surface area contributed by atoms with Gasteiger partial charge in [-0.2, -0.15) is 0 Å². The number of nitrogens with zero attached hydrogens (tertiary/aromatic N) is 1. The first kappa shape index (κ1) is 22.9. The van der Waals surface area contributed by atoms with Crippen LogP contribution in [0, 0.1) is 0 Å². The third kappa shape index (κ3) is 4.88. The monoisotopic (exact) mass is 456 g/mol. The molecule has 4 rings (SSSR count). The Hall–Kier alpha value is -4.26. The van der Waals surface area contributed by atoms with Gasteiger partial charge >= 0.3 is 5.97 Å². The molecule has 1 aliphatic rings. The van der Waals surface area contributed by atoms with Crippen molar-refractivity contribution in [2.24, 2.45) is 0 Å². The second-order valence-electron chi connectivity index (χ2n) is 7.94. The summed E-state index contributed by atoms with van der Waals surface area (Å²) in [5, 5.41) is 2.67. The van der Waals surface area contributed by atoms with E-state index >= 15 is 0 Å². The predicted octanol–water partition coefficient (Wildman–Crippen LogP) is 3.64. The third-order valence-electron chi connectivity index (χ3n) is 5.67. The van der Waals surface area contributed by atoms with E-state index in [4.69, 9.17) is 4.74 Å². The third-order valence-corrected chi connectivity index (χ3v) is 5.67. The quantitative estimate of drug-likeness (QED) is 0.413. The van der Waals surface area contributed by atoms with Crippen molar-refractivity contribution in [3.63, 3.8) is 0 Å². The number of ether oxygens (including phenoxy) is 1. The number of rotatable bonds is 8. The smallest absolute Gasteiger partial charge is 0.330 e. The summed E-state index contributed by atoms with van der Waals surface area (Å²) in [5.41, 5.74) is 2.95. The van der Waals surface area contributed by atoms with Crippen LogP contribution in [0.1, 0.15) is 38.8 Å². The van der Waals surface area contributed by atoms with Gasteiger partial charge in [0.1, 0.15) is 6.04 Å². The Morgan fingerprint density at radius 2 is 1.41 bits per heavy atom. The van der Waals surface area contributed by atoms with Gasteiger partial charge in [-0.3, -0.25) is 19.3 Å². The number of esters is 1. The normalized spacial score (nSPS) is 13.4. The van der Waals surface area contributed by atoms with Crippen molar-refractivity contribution in [1.29, 1.82) is 0 Å². The summed E-state index contributed by atoms with van der Waals surface area (Å²) >= 11 is 0. The number of hydrogen-bond acceptors (Lipinski definition) is 5. The van der Waals surface area contributed by atoms with Gasteiger partial charge < -0.3 is 10.1 Å². The van der Waals surface area contributed by atoms with Crippen LogP contribution in [0.15, 0.2) is 78.9 Å². The summed E-state index contributed by atoms with van der Waals surface area (Å²) in [4.78, 5) is 52.3. The SMILES string of the molecule is CCc1ccc(NC(=O)COC(=O)[C@H](Cc2ccccc2)N2C(=O)c3ccccc3C2=O)cc1. The van der Waals surface area contributed by atoms with Crippen molar-refractivity contribution >= 4 is 29.4 Å². The molecule has 3 amide bonds. The Morgan fingerprint density at radius 3 is 2.00 bits per heavy atom. The molecule has 0 aromatic heterocycles. The molecule has 0 radical (unpaired) electrons. The molecule has 0 aliphatic carbocycles. The first-order valence-electron chi connectivity index (χ1n) is 11.0. The molecule has 0 bridgehead atoms. The van der Waals surface area contributed by atoms with Crippen LogP contribution in [0.3, 0.4) is 0 Å². The lowest BCUT2D eigenvalue weighted by Gasteiger charge is -2.24. The Labute approximate surface area is 197 Å². The summed E-state index contributed by atoms with van der Waals surface area (Å²) in [6, 6.07) is 21.6. The molecule has 3 aromatic carbocycles. The summed E-state index contributed by atoms with van der Waals surface area (Å²) in [6.07, 6.45) is 0.956. The number of fused-ring (bicyclic) bond motifs is 1. The zero-order valence-corrected chi connectivity index (χ0v) is 18.7. The maximum Gasteiger partial charge on any atom is 0.330 e. The number of carbonyl (C=O) groups is 4. The Bertz CT molecular complexity index is 1190. The van der Waals surface area contributed by atoms with E-state index in [2.05, 4.69) is 5.32 Å². The molecule has 1 aliphatic heterocycles. The molecule has 7 nitrogen and oxygen atoms in total. The molecule has 0 saturated carbocycles. The number of imide groups is 1. The molecule has 34 heavy (non-hydrogen) atoms. The standard InChI is InChI=1S/C27H24N2O5/c1-2-18-12-14-20(15-13-18)28-24(30)17-34-27(33)23(16-19-8-4-3-5-9-19)29-25(31)21-10-6-7-11-22(21)26(29)32/h3-15,23H,2,16-17H2,1H3,(H,28,30)/t23-/m0/s1. The van der Waals surface area contributed by atoms with Crippen LogP contribution in [0.4, 0.5) is 5.69 Å². The van der Waals surface area contributed by atoms with Crippen molar-refractivity contribution < 1.29 is 23.9 Å². The van der Waals surface area contributed by atoms with Crippen molar-refractivity contribution in [2.75, 3.05) is 11.9 Å². The molecule has 172 valence electrons. The van der Waals surface area contributed by atoms with Crippen molar-refractivity contribution in [3.8, 4) is 0 Å². The maximum absolute atomic E-state index is 13.1. The molecule has 0 unspecified atom stereocenters. The summed E-state index contributed by atoms with van der Waals surface area (Å²) in [7, 11) is 0. The first-order valence-corrected chi connectivity index (χ1v) is 11.0. The maximum atomic E-state index is 13.1. The van der Waals surface area contributed by atoms with Gasteiger partial charge in [0.25, 0.3) is 17.7 Å². The van der Waals surface area contributed by atoms with Crippen LogP contribution < -0.4 is 5.32 Å². The fourth-order valence-corrected chi connectivity index (χ4v) is 3.86. The number of hydrogen-bond donors (Lipinski definition) is 1. The highest BCUT2D eigenvalue weighted by molar-refractivity contribution is 6.22. The average molecular weight is 456 g/mol. The van der Waals surface area contributed by atoms with E-state index in [-0.39, 0.29) is 17.5 Å². The molecule has 1 atom stereocenters. The van der Waals surface area contributed by atoms with E-state index in [1.807, 2.05) is 25.1 Å². The van der Waals surface area contributed by atoms with E-state index < -0.39 is 36.3 Å². The van der Waals surface area contributed by atoms with Crippen molar-refractivity contribution in [3.05, 3.63) is 101 Å². The second kappa shape index (κ2) is 10.1. The molecule has 1 heterocycles. The molecule has 7 heteroatoms. The number of nitrogens with one attached hydrogen (secondary N) is 1. The van der Waals surface area contributed by atoms with Crippen LogP contribution >= 0.6 is 0 Å². The number of anilines is 1. The van der Waals surface area contributed by atoms with Gasteiger partial charge in [-0.1, -0.05) is 61.5 Å². The van der Waals surface area contributed by atoms with E-state index in [0.717, 1.165) is 22.4 Å². The average Bonchev–Trinajstić information content (AvgIpc) is 3.12. The fourth-order valence-electron chi connectivity index (χ4n) is 3.86. The van der Waals surface area contributed by atoms with E-state index in [1.165, 1.54) is 0 Å². The van der Waals surface area contributed by atoms with Gasteiger partial charge in [-0.15, -0.1) is 0 Å². The number of aryl methyl sites for hydroxylation is 1. The molecule has 1 N–H and O–H groups in total. The van der Waals surface area contributed by atoms with Gasteiger partial charge in [0, 0.05) is 12.1 Å². The number of amides is 3. The largest absolute Gasteiger partial charge is 0.454 e. The number of carbonyl (C=O) groups excluding carboxylic acids is 4. The topological polar surface area (TPSA) is 92.8 Å². The van der Waals surface area contributed by atoms with Gasteiger partial charge in [0.2, 0.25) is 0 Å². The van der Waals surface area contributed by atoms with Gasteiger partial charge in [-0.05, 0) is 41.8 Å². The first-order chi connectivity index (χ1) is 16.5. The van der Waals surface area contributed by atoms with E-state index in [0.29, 0.717) is 5.69 Å². The molecule has 3 aromatic rings. The second-order valence-corrected chi connectivity index (χ2v) is 7.94. The lowest BCUT2D eigenvalue weighted by molar-refractivity contribution is -0.151. The van der Waals surface area contributed by atoms with Gasteiger partial charge in [0.15, 0.2) is 6.61 Å². The summed E-state index contributed by atoms with van der Waals surface area (Å²) in [6.45, 7) is 1.50. The Balaban J connectivity index is 1.48. The molecular formula is C27H24N2O5. The minimum atomic E-state index is -1.20. The van der Waals surface area contributed by atoms with Crippen LogP contribution in [0.5, 0.6) is 0 Å². The zero-order chi connectivity index (χ0) is 24.1. The van der Waals surface area contributed by atoms with E-state index in [9.17, 15) is 19.2 Å². The molecule has 0 fully saturated rings. The van der Waals surface area contributed by atoms with Gasteiger partial charge in [-0.25, -0.2) is 4.79 Å². The Kier molecular flexibility index (Phi) is 6.82.